The highest BCUT2D eigenvalue weighted by Crippen LogP contribution is 2.33. The third kappa shape index (κ3) is 8.94. The minimum absolute atomic E-state index is 0.272. The predicted octanol–water partition coefficient (Wildman–Crippen LogP) is 6.08. The minimum atomic E-state index is -0.398. The van der Waals surface area contributed by atoms with Gasteiger partial charge in [0, 0.05) is 49.2 Å². The van der Waals surface area contributed by atoms with Gasteiger partial charge in [0.2, 0.25) is 0 Å². The van der Waals surface area contributed by atoms with E-state index in [1.807, 2.05) is 36.4 Å². The highest BCUT2D eigenvalue weighted by Gasteiger charge is 2.15. The van der Waals surface area contributed by atoms with Crippen molar-refractivity contribution in [2.24, 2.45) is 5.10 Å². The van der Waals surface area contributed by atoms with E-state index in [1.54, 1.807) is 6.21 Å². The van der Waals surface area contributed by atoms with Gasteiger partial charge in [-0.15, -0.1) is 0 Å². The normalized spacial score (nSPS) is 14.2. The molecule has 8 heteroatoms. The molecule has 0 aliphatic carbocycles. The summed E-state index contributed by atoms with van der Waals surface area (Å²) in [6.45, 7) is 14.0. The largest absolute Gasteiger partial charge is 0.493 e. The van der Waals surface area contributed by atoms with E-state index in [0.29, 0.717) is 19.0 Å². The second-order valence-electron chi connectivity index (χ2n) is 10.1. The number of anilines is 2. The van der Waals surface area contributed by atoms with Crippen LogP contribution < -0.4 is 25.1 Å². The molecule has 38 heavy (non-hydrogen) atoms. The quantitative estimate of drug-likeness (QED) is 0.189. The van der Waals surface area contributed by atoms with Crippen molar-refractivity contribution >= 4 is 23.6 Å². The fourth-order valence-corrected chi connectivity index (χ4v) is 4.19. The molecular formula is C30H45N5O3. The topological polar surface area (TPSA) is 78.4 Å². The number of amides is 2. The van der Waals surface area contributed by atoms with E-state index in [-0.39, 0.29) is 5.92 Å². The van der Waals surface area contributed by atoms with E-state index in [4.69, 9.17) is 9.47 Å². The summed E-state index contributed by atoms with van der Waals surface area (Å²) in [5.74, 6) is 1.83. The fraction of sp³-hybridized carbons (Fsp3) is 0.533. The number of urea groups is 1. The number of nitrogens with zero attached hydrogens (tertiary/aromatic N) is 3. The molecule has 1 fully saturated rings. The Kier molecular flexibility index (Phi) is 11.7. The number of rotatable bonds is 13. The summed E-state index contributed by atoms with van der Waals surface area (Å²) >= 11 is 0. The van der Waals surface area contributed by atoms with Crippen LogP contribution >= 0.6 is 0 Å². The van der Waals surface area contributed by atoms with E-state index < -0.39 is 6.03 Å². The van der Waals surface area contributed by atoms with E-state index in [9.17, 15) is 4.79 Å². The molecule has 8 nitrogen and oxygen atoms in total. The van der Waals surface area contributed by atoms with Crippen molar-refractivity contribution in [3.8, 4) is 11.5 Å². The van der Waals surface area contributed by atoms with Crippen molar-refractivity contribution in [3.05, 3.63) is 47.5 Å². The van der Waals surface area contributed by atoms with Crippen LogP contribution in [0.3, 0.4) is 0 Å². The van der Waals surface area contributed by atoms with Crippen LogP contribution in [0, 0.1) is 0 Å². The first-order chi connectivity index (χ1) is 18.4. The molecule has 0 saturated carbocycles. The summed E-state index contributed by atoms with van der Waals surface area (Å²) in [7, 11) is 2.15. The molecule has 2 N–H and O–H groups in total. The van der Waals surface area contributed by atoms with Gasteiger partial charge in [0.15, 0.2) is 0 Å². The Morgan fingerprint density at radius 3 is 2.21 bits per heavy atom. The maximum absolute atomic E-state index is 12.5. The highest BCUT2D eigenvalue weighted by atomic mass is 16.5. The Morgan fingerprint density at radius 2 is 1.61 bits per heavy atom. The molecule has 1 aliphatic rings. The molecule has 1 aliphatic heterocycles. The number of carbonyl (C=O) groups is 1. The number of benzene rings is 2. The molecule has 0 atom stereocenters. The number of hydrazone groups is 1. The van der Waals surface area contributed by atoms with Gasteiger partial charge >= 0.3 is 6.03 Å². The summed E-state index contributed by atoms with van der Waals surface area (Å²) in [4.78, 5) is 17.2. The minimum Gasteiger partial charge on any atom is -0.493 e. The van der Waals surface area contributed by atoms with Gasteiger partial charge in [-0.3, -0.25) is 0 Å². The Hall–Kier alpha value is -3.26. The molecule has 2 aromatic carbocycles. The lowest BCUT2D eigenvalue weighted by atomic mass is 9.99. The van der Waals surface area contributed by atoms with Crippen LogP contribution in [-0.2, 0) is 0 Å². The zero-order chi connectivity index (χ0) is 27.3. The van der Waals surface area contributed by atoms with Crippen LogP contribution in [0.5, 0.6) is 11.5 Å². The van der Waals surface area contributed by atoms with Crippen LogP contribution in [0.1, 0.15) is 70.4 Å². The highest BCUT2D eigenvalue weighted by molar-refractivity contribution is 5.91. The standard InChI is InChI=1S/C30H45N5O3/c1-6-8-18-37-28-21-29(38-19-9-7-2)27(23(3)4)20-24(28)22-31-33-30(36)32-25-10-12-26(13-11-25)35-16-14-34(5)15-17-35/h10-13,20-23H,6-9,14-19H2,1-5H3,(H2,32,33,36)/b31-22+. The second kappa shape index (κ2) is 15.2. The molecule has 2 amide bonds. The van der Waals surface area contributed by atoms with Gasteiger partial charge in [0.05, 0.1) is 19.4 Å². The Bertz CT molecular complexity index is 1030. The van der Waals surface area contributed by atoms with Crippen LogP contribution in [-0.4, -0.2) is 63.6 Å². The summed E-state index contributed by atoms with van der Waals surface area (Å²) in [6, 6.07) is 11.5. The van der Waals surface area contributed by atoms with Crippen molar-refractivity contribution in [1.29, 1.82) is 0 Å². The molecule has 1 saturated heterocycles. The third-order valence-electron chi connectivity index (χ3n) is 6.64. The molecule has 208 valence electrons. The van der Waals surface area contributed by atoms with Gasteiger partial charge in [0.25, 0.3) is 0 Å². The number of piperazine rings is 1. The number of likely N-dealkylation sites (N-methyl/N-ethyl adjacent to an activating group) is 1. The smallest absolute Gasteiger partial charge is 0.339 e. The van der Waals surface area contributed by atoms with Crippen molar-refractivity contribution in [2.45, 2.75) is 59.3 Å². The average Bonchev–Trinajstić information content (AvgIpc) is 2.90. The number of hydrogen-bond donors (Lipinski definition) is 2. The van der Waals surface area contributed by atoms with Crippen molar-refractivity contribution < 1.29 is 14.3 Å². The maximum atomic E-state index is 12.5. The summed E-state index contributed by atoms with van der Waals surface area (Å²) in [5.41, 5.74) is 6.37. The predicted molar refractivity (Wildman–Crippen MR) is 157 cm³/mol. The Morgan fingerprint density at radius 1 is 0.974 bits per heavy atom. The molecule has 3 rings (SSSR count). The molecular weight excluding hydrogens is 478 g/mol. The van der Waals surface area contributed by atoms with Crippen LogP contribution in [0.15, 0.2) is 41.5 Å². The lowest BCUT2D eigenvalue weighted by Gasteiger charge is -2.34. The van der Waals surface area contributed by atoms with Gasteiger partial charge < -0.3 is 24.6 Å². The van der Waals surface area contributed by atoms with E-state index in [2.05, 4.69) is 60.4 Å². The van der Waals surface area contributed by atoms with E-state index >= 15 is 0 Å². The third-order valence-corrected chi connectivity index (χ3v) is 6.64. The maximum Gasteiger partial charge on any atom is 0.339 e. The molecule has 0 unspecified atom stereocenters. The van der Waals surface area contributed by atoms with Gasteiger partial charge in [-0.05, 0) is 61.7 Å². The van der Waals surface area contributed by atoms with Gasteiger partial charge in [-0.1, -0.05) is 40.5 Å². The molecule has 0 spiro atoms. The van der Waals surface area contributed by atoms with Crippen molar-refractivity contribution in [2.75, 3.05) is 56.7 Å². The van der Waals surface area contributed by atoms with Crippen molar-refractivity contribution in [1.82, 2.24) is 10.3 Å². The first kappa shape index (κ1) is 29.3. The first-order valence-electron chi connectivity index (χ1n) is 14.0. The molecule has 2 aromatic rings. The lowest BCUT2D eigenvalue weighted by molar-refractivity contribution is 0.252. The van der Waals surface area contributed by atoms with Crippen LogP contribution in [0.2, 0.25) is 0 Å². The number of nitrogens with one attached hydrogen (secondary N) is 2. The lowest BCUT2D eigenvalue weighted by Crippen LogP contribution is -2.44. The van der Waals surface area contributed by atoms with Gasteiger partial charge in [-0.25, -0.2) is 10.2 Å². The molecule has 1 heterocycles. The Balaban J connectivity index is 1.64. The number of unbranched alkanes of at least 4 members (excludes halogenated alkanes) is 2. The summed E-state index contributed by atoms with van der Waals surface area (Å²) < 4.78 is 12.2. The zero-order valence-electron chi connectivity index (χ0n) is 23.8. The molecule has 0 radical (unpaired) electrons. The number of carbonyl (C=O) groups excluding carboxylic acids is 1. The monoisotopic (exact) mass is 523 g/mol. The van der Waals surface area contributed by atoms with Crippen LogP contribution in [0.25, 0.3) is 0 Å². The molecule has 0 aromatic heterocycles. The molecule has 0 bridgehead atoms. The van der Waals surface area contributed by atoms with E-state index in [0.717, 1.165) is 74.4 Å². The second-order valence-corrected chi connectivity index (χ2v) is 10.1. The summed E-state index contributed by atoms with van der Waals surface area (Å²) in [5, 5.41) is 7.06. The van der Waals surface area contributed by atoms with E-state index in [1.165, 1.54) is 5.69 Å². The SMILES string of the molecule is CCCCOc1cc(OCCCC)c(C(C)C)cc1/C=N/NC(=O)Nc1ccc(N2CCN(C)CC2)cc1. The average molecular weight is 524 g/mol. The van der Waals surface area contributed by atoms with Gasteiger partial charge in [0.1, 0.15) is 11.5 Å². The number of hydrogen-bond acceptors (Lipinski definition) is 6. The van der Waals surface area contributed by atoms with Crippen LogP contribution in [0.4, 0.5) is 16.2 Å². The first-order valence-corrected chi connectivity index (χ1v) is 14.0. The number of ether oxygens (including phenoxy) is 2. The Labute approximate surface area is 228 Å². The fourth-order valence-electron chi connectivity index (χ4n) is 4.19. The summed E-state index contributed by atoms with van der Waals surface area (Å²) in [6.07, 6.45) is 5.73. The van der Waals surface area contributed by atoms with Gasteiger partial charge in [-0.2, -0.15) is 5.10 Å². The van der Waals surface area contributed by atoms with Crippen molar-refractivity contribution in [3.63, 3.8) is 0 Å². The zero-order valence-corrected chi connectivity index (χ0v) is 23.8.